The second-order valence-corrected chi connectivity index (χ2v) is 4.10. The lowest BCUT2D eigenvalue weighted by atomic mass is 9.86. The average molecular weight is 214 g/mol. The van der Waals surface area contributed by atoms with Gasteiger partial charge in [0.15, 0.2) is 5.78 Å². The second kappa shape index (κ2) is 7.86. The Bertz CT molecular complexity index is 158. The van der Waals surface area contributed by atoms with Crippen molar-refractivity contribution in [2.24, 2.45) is 0 Å². The van der Waals surface area contributed by atoms with Gasteiger partial charge in [0.05, 0.1) is 0 Å². The van der Waals surface area contributed by atoms with Gasteiger partial charge in [0.2, 0.25) is 0 Å². The molecular formula is C13H26O2. The van der Waals surface area contributed by atoms with E-state index in [9.17, 15) is 4.79 Å². The van der Waals surface area contributed by atoms with Crippen LogP contribution in [0.3, 0.4) is 0 Å². The molecule has 0 aromatic heterocycles. The first-order valence-electron chi connectivity index (χ1n) is 6.34. The highest BCUT2D eigenvalue weighted by Gasteiger charge is 2.35. The van der Waals surface area contributed by atoms with Crippen LogP contribution < -0.4 is 0 Å². The summed E-state index contributed by atoms with van der Waals surface area (Å²) in [6.07, 6.45) is 5.33. The van der Waals surface area contributed by atoms with Crippen LogP contribution >= 0.6 is 0 Å². The largest absolute Gasteiger partial charge is 0.368 e. The van der Waals surface area contributed by atoms with Gasteiger partial charge in [-0.1, -0.05) is 33.6 Å². The maximum absolute atomic E-state index is 12.1. The van der Waals surface area contributed by atoms with Gasteiger partial charge in [-0.3, -0.25) is 4.79 Å². The molecule has 0 amide bonds. The first-order valence-corrected chi connectivity index (χ1v) is 6.34. The van der Waals surface area contributed by atoms with Crippen LogP contribution in [0.2, 0.25) is 0 Å². The summed E-state index contributed by atoms with van der Waals surface area (Å²) >= 11 is 0. The van der Waals surface area contributed by atoms with Gasteiger partial charge in [-0.15, -0.1) is 0 Å². The Morgan fingerprint density at radius 1 is 1.00 bits per heavy atom. The lowest BCUT2D eigenvalue weighted by Gasteiger charge is -2.31. The maximum atomic E-state index is 12.1. The summed E-state index contributed by atoms with van der Waals surface area (Å²) in [6.45, 7) is 8.88. The van der Waals surface area contributed by atoms with E-state index in [1.807, 2.05) is 13.8 Å². The summed E-state index contributed by atoms with van der Waals surface area (Å²) in [4.78, 5) is 12.1. The summed E-state index contributed by atoms with van der Waals surface area (Å²) in [7, 11) is 0. The molecule has 0 aliphatic carbocycles. The molecule has 0 N–H and O–H groups in total. The number of hydrogen-bond donors (Lipinski definition) is 0. The zero-order valence-electron chi connectivity index (χ0n) is 10.8. The van der Waals surface area contributed by atoms with Crippen molar-refractivity contribution in [3.63, 3.8) is 0 Å². The van der Waals surface area contributed by atoms with E-state index in [4.69, 9.17) is 4.74 Å². The standard InChI is InChI=1S/C13H26O2/c1-5-9-12(14)13(10-6-2,11-7-3)15-8-4/h5-11H2,1-4H3. The summed E-state index contributed by atoms with van der Waals surface area (Å²) in [5, 5.41) is 0. The Morgan fingerprint density at radius 2 is 1.53 bits per heavy atom. The van der Waals surface area contributed by atoms with Crippen LogP contribution in [0, 0.1) is 0 Å². The molecule has 0 saturated carbocycles. The first-order chi connectivity index (χ1) is 7.16. The van der Waals surface area contributed by atoms with E-state index in [-0.39, 0.29) is 0 Å². The Labute approximate surface area is 94.4 Å². The van der Waals surface area contributed by atoms with Gasteiger partial charge in [0.1, 0.15) is 5.60 Å². The van der Waals surface area contributed by atoms with Crippen molar-refractivity contribution in [2.75, 3.05) is 6.61 Å². The first kappa shape index (κ1) is 14.6. The minimum absolute atomic E-state index is 0.301. The molecule has 2 heteroatoms. The molecule has 0 unspecified atom stereocenters. The molecule has 90 valence electrons. The van der Waals surface area contributed by atoms with Crippen molar-refractivity contribution in [1.82, 2.24) is 0 Å². The van der Waals surface area contributed by atoms with Gasteiger partial charge in [-0.05, 0) is 26.2 Å². The molecule has 0 radical (unpaired) electrons. The molecule has 2 nitrogen and oxygen atoms in total. The fraction of sp³-hybridized carbons (Fsp3) is 0.923. The zero-order valence-corrected chi connectivity index (χ0v) is 10.8. The molecule has 0 bridgehead atoms. The number of rotatable bonds is 9. The molecule has 0 atom stereocenters. The monoisotopic (exact) mass is 214 g/mol. The SMILES string of the molecule is CCCC(=O)C(CCC)(CCC)OCC. The molecular weight excluding hydrogens is 188 g/mol. The number of carbonyl (C=O) groups is 1. The third kappa shape index (κ3) is 4.33. The van der Waals surface area contributed by atoms with Crippen LogP contribution in [0.15, 0.2) is 0 Å². The van der Waals surface area contributed by atoms with Crippen molar-refractivity contribution >= 4 is 5.78 Å². The van der Waals surface area contributed by atoms with Crippen molar-refractivity contribution < 1.29 is 9.53 Å². The molecule has 0 rings (SSSR count). The minimum atomic E-state index is -0.478. The summed E-state index contributed by atoms with van der Waals surface area (Å²) in [6, 6.07) is 0. The third-order valence-corrected chi connectivity index (χ3v) is 2.71. The van der Waals surface area contributed by atoms with E-state index >= 15 is 0 Å². The number of hydrogen-bond acceptors (Lipinski definition) is 2. The van der Waals surface area contributed by atoms with E-state index in [1.54, 1.807) is 0 Å². The van der Waals surface area contributed by atoms with E-state index in [0.29, 0.717) is 18.8 Å². The van der Waals surface area contributed by atoms with Crippen LogP contribution in [-0.4, -0.2) is 18.0 Å². The highest BCUT2D eigenvalue weighted by molar-refractivity contribution is 5.87. The van der Waals surface area contributed by atoms with Gasteiger partial charge in [0, 0.05) is 13.0 Å². The predicted molar refractivity (Wildman–Crippen MR) is 64.1 cm³/mol. The average Bonchev–Trinajstić information content (AvgIpc) is 2.19. The fourth-order valence-corrected chi connectivity index (χ4v) is 2.17. The van der Waals surface area contributed by atoms with E-state index in [0.717, 1.165) is 32.1 Å². The van der Waals surface area contributed by atoms with Gasteiger partial charge in [-0.2, -0.15) is 0 Å². The Hall–Kier alpha value is -0.370. The molecule has 0 heterocycles. The van der Waals surface area contributed by atoms with Crippen molar-refractivity contribution in [1.29, 1.82) is 0 Å². The topological polar surface area (TPSA) is 26.3 Å². The quantitative estimate of drug-likeness (QED) is 0.584. The minimum Gasteiger partial charge on any atom is -0.368 e. The number of Topliss-reactive ketones (excluding diaryl/α,β-unsaturated/α-hetero) is 1. The van der Waals surface area contributed by atoms with Crippen LogP contribution in [0.4, 0.5) is 0 Å². The molecule has 0 fully saturated rings. The molecule has 0 aliphatic heterocycles. The summed E-state index contributed by atoms with van der Waals surface area (Å²) in [5.41, 5.74) is -0.478. The predicted octanol–water partition coefficient (Wildman–Crippen LogP) is 3.73. The lowest BCUT2D eigenvalue weighted by Crippen LogP contribution is -2.41. The van der Waals surface area contributed by atoms with E-state index < -0.39 is 5.60 Å². The number of ketones is 1. The van der Waals surface area contributed by atoms with Crippen molar-refractivity contribution in [3.8, 4) is 0 Å². The van der Waals surface area contributed by atoms with Crippen LogP contribution in [0.5, 0.6) is 0 Å². The molecule has 0 spiro atoms. The second-order valence-electron chi connectivity index (χ2n) is 4.10. The zero-order chi connectivity index (χ0) is 11.7. The summed E-state index contributed by atoms with van der Waals surface area (Å²) < 4.78 is 5.78. The van der Waals surface area contributed by atoms with E-state index in [2.05, 4.69) is 13.8 Å². The summed E-state index contributed by atoms with van der Waals surface area (Å²) in [5.74, 6) is 0.301. The smallest absolute Gasteiger partial charge is 0.164 e. The maximum Gasteiger partial charge on any atom is 0.164 e. The van der Waals surface area contributed by atoms with Crippen LogP contribution in [-0.2, 0) is 9.53 Å². The van der Waals surface area contributed by atoms with Crippen molar-refractivity contribution in [3.05, 3.63) is 0 Å². The molecule has 0 aliphatic rings. The Morgan fingerprint density at radius 3 is 1.87 bits per heavy atom. The van der Waals surface area contributed by atoms with Gasteiger partial charge in [-0.25, -0.2) is 0 Å². The highest BCUT2D eigenvalue weighted by atomic mass is 16.5. The Kier molecular flexibility index (Phi) is 7.67. The van der Waals surface area contributed by atoms with Gasteiger partial charge >= 0.3 is 0 Å². The number of ether oxygens (including phenoxy) is 1. The van der Waals surface area contributed by atoms with Crippen LogP contribution in [0.1, 0.15) is 66.2 Å². The molecule has 15 heavy (non-hydrogen) atoms. The van der Waals surface area contributed by atoms with Gasteiger partial charge in [0.25, 0.3) is 0 Å². The fourth-order valence-electron chi connectivity index (χ4n) is 2.17. The molecule has 0 aromatic rings. The normalized spacial score (nSPS) is 11.7. The molecule has 0 aromatic carbocycles. The third-order valence-electron chi connectivity index (χ3n) is 2.71. The van der Waals surface area contributed by atoms with E-state index in [1.165, 1.54) is 0 Å². The van der Waals surface area contributed by atoms with Crippen LogP contribution in [0.25, 0.3) is 0 Å². The molecule has 0 saturated heterocycles. The Balaban J connectivity index is 4.65. The van der Waals surface area contributed by atoms with Gasteiger partial charge < -0.3 is 4.74 Å². The van der Waals surface area contributed by atoms with Crippen molar-refractivity contribution in [2.45, 2.75) is 71.8 Å². The lowest BCUT2D eigenvalue weighted by molar-refractivity contribution is -0.146. The highest BCUT2D eigenvalue weighted by Crippen LogP contribution is 2.27. The number of carbonyl (C=O) groups excluding carboxylic acids is 1.